The Morgan fingerprint density at radius 2 is 0.613 bits per heavy atom. The Kier molecular flexibility index (Phi) is 69.4. The Morgan fingerprint density at radius 1 is 0.344 bits per heavy atom. The second-order valence-corrected chi connectivity index (χ2v) is 28.1. The van der Waals surface area contributed by atoms with E-state index in [0.717, 1.165) is 122 Å². The fourth-order valence-corrected chi connectivity index (χ4v) is 11.3. The lowest BCUT2D eigenvalue weighted by Gasteiger charge is -2.28. The fourth-order valence-electron chi connectivity index (χ4n) is 10.6. The van der Waals surface area contributed by atoms with E-state index in [2.05, 4.69) is 148 Å². The number of unbranched alkanes of at least 4 members (excludes halogenated alkanes) is 34. The van der Waals surface area contributed by atoms with Gasteiger partial charge in [-0.15, -0.1) is 0 Å². The maximum atomic E-state index is 12.9. The fraction of sp³-hybridized carbons (Fsp3) is 0.711. The molecule has 0 rings (SSSR count). The first-order chi connectivity index (χ1) is 45.5. The van der Waals surface area contributed by atoms with Gasteiger partial charge >= 0.3 is 11.9 Å². The first-order valence-corrected chi connectivity index (χ1v) is 39.9. The lowest BCUT2D eigenvalue weighted by atomic mass is 10.0. The first kappa shape index (κ1) is 89.2. The van der Waals surface area contributed by atoms with E-state index in [1.54, 1.807) is 0 Å². The molecule has 10 heteroatoms. The second kappa shape index (κ2) is 72.4. The number of nitrogens with zero attached hydrogens (tertiary/aromatic N) is 1. The molecule has 2 atom stereocenters. The van der Waals surface area contributed by atoms with E-state index in [-0.39, 0.29) is 32.0 Å². The van der Waals surface area contributed by atoms with E-state index in [1.807, 2.05) is 21.1 Å². The largest absolute Gasteiger partial charge is 0.756 e. The summed E-state index contributed by atoms with van der Waals surface area (Å²) in [6.45, 7) is 4.13. The van der Waals surface area contributed by atoms with Crippen LogP contribution in [0.1, 0.15) is 328 Å². The zero-order chi connectivity index (χ0) is 67.6. The maximum absolute atomic E-state index is 12.9. The number of hydrogen-bond donors (Lipinski definition) is 0. The van der Waals surface area contributed by atoms with Crippen LogP contribution in [0.5, 0.6) is 0 Å². The summed E-state index contributed by atoms with van der Waals surface area (Å²) < 4.78 is 34.3. The summed E-state index contributed by atoms with van der Waals surface area (Å²) in [5.74, 6) is -0.851. The number of hydrogen-bond acceptors (Lipinski definition) is 8. The number of ether oxygens (including phenoxy) is 2. The molecule has 0 saturated heterocycles. The molecule has 0 aliphatic rings. The van der Waals surface area contributed by atoms with Gasteiger partial charge in [0.1, 0.15) is 19.8 Å². The number of phosphoric ester groups is 1. The van der Waals surface area contributed by atoms with Crippen molar-refractivity contribution in [2.75, 3.05) is 47.5 Å². The molecule has 93 heavy (non-hydrogen) atoms. The van der Waals surface area contributed by atoms with Crippen LogP contribution < -0.4 is 4.89 Å². The lowest BCUT2D eigenvalue weighted by Crippen LogP contribution is -2.37. The van der Waals surface area contributed by atoms with Gasteiger partial charge in [0.05, 0.1) is 27.7 Å². The molecule has 534 valence electrons. The van der Waals surface area contributed by atoms with Crippen molar-refractivity contribution in [2.45, 2.75) is 335 Å². The van der Waals surface area contributed by atoms with Gasteiger partial charge in [0, 0.05) is 12.8 Å². The molecule has 0 bridgehead atoms. The van der Waals surface area contributed by atoms with Gasteiger partial charge in [-0.25, -0.2) is 0 Å². The van der Waals surface area contributed by atoms with Crippen LogP contribution in [0, 0.1) is 0 Å². The summed E-state index contributed by atoms with van der Waals surface area (Å²) >= 11 is 0. The first-order valence-electron chi connectivity index (χ1n) is 38.4. The van der Waals surface area contributed by atoms with Crippen LogP contribution >= 0.6 is 7.82 Å². The van der Waals surface area contributed by atoms with Crippen LogP contribution in [-0.4, -0.2) is 70.0 Å². The zero-order valence-corrected chi connectivity index (χ0v) is 61.8. The standard InChI is InChI=1S/C83H144NO8P/c1-6-8-10-12-14-16-18-20-22-24-26-28-30-32-34-36-38-39-40-41-42-43-44-45-46-48-50-52-54-56-58-60-62-64-66-68-70-72-74-76-83(86)92-81(80-91-93(87,88)90-78-77-84(3,4)5)79-89-82(85)75-73-71-69-67-65-63-61-59-57-55-53-51-49-47-37-35-33-31-29-27-25-23-21-19-17-15-13-11-9-7-2/h8,10,14,16,20,22,26,28,32,34,38-39,41-42,44-45,48,50,54,56,60,62,81H,6-7,9,11-13,15,17-19,21,23-25,27,29-31,33,35-37,40,43,46-47,49,51-53,55,57-59,61,63-80H2,1-5H3/b10-8-,16-14-,22-20-,28-26-,34-32-,39-38-,42-41-,45-44-,50-48-,56-54-,62-60-. The molecule has 9 nitrogen and oxygen atoms in total. The zero-order valence-electron chi connectivity index (χ0n) is 60.9. The highest BCUT2D eigenvalue weighted by molar-refractivity contribution is 7.45. The van der Waals surface area contributed by atoms with Gasteiger partial charge in [-0.3, -0.25) is 14.2 Å². The van der Waals surface area contributed by atoms with Crippen molar-refractivity contribution in [3.05, 3.63) is 134 Å². The third-order valence-electron chi connectivity index (χ3n) is 16.4. The van der Waals surface area contributed by atoms with Crippen LogP contribution in [0.2, 0.25) is 0 Å². The number of allylic oxidation sites excluding steroid dienone is 22. The second-order valence-electron chi connectivity index (χ2n) is 26.6. The van der Waals surface area contributed by atoms with Crippen LogP contribution in [-0.2, 0) is 32.7 Å². The summed E-state index contributed by atoms with van der Waals surface area (Å²) in [6.07, 6.45) is 106. The molecule has 0 fully saturated rings. The van der Waals surface area contributed by atoms with Crippen molar-refractivity contribution < 1.29 is 42.1 Å². The number of carbonyl (C=O) groups excluding carboxylic acids is 2. The van der Waals surface area contributed by atoms with Crippen molar-refractivity contribution in [3.63, 3.8) is 0 Å². The van der Waals surface area contributed by atoms with Gasteiger partial charge in [-0.1, -0.05) is 353 Å². The van der Waals surface area contributed by atoms with Crippen molar-refractivity contribution >= 4 is 19.8 Å². The van der Waals surface area contributed by atoms with Crippen LogP contribution in [0.25, 0.3) is 0 Å². The quantitative estimate of drug-likeness (QED) is 0.0195. The average Bonchev–Trinajstić information content (AvgIpc) is 2.01. The molecule has 0 aromatic heterocycles. The molecular weight excluding hydrogens is 1170 g/mol. The molecule has 0 aliphatic carbocycles. The van der Waals surface area contributed by atoms with Crippen LogP contribution in [0.3, 0.4) is 0 Å². The van der Waals surface area contributed by atoms with E-state index in [1.165, 1.54) is 173 Å². The SMILES string of the molecule is CC/C=C\C/C=C\C/C=C\C/C=C\C/C=C\C/C=C\C/C=C\C/C=C\C/C=C\C/C=C\C/C=C\CCCCCCCC(=O)OC(COC(=O)CCCCCCCCCCCCCCCCCCCCCCCCCCCCCCCC)COP(=O)([O-])OCC[N+](C)(C)C. The van der Waals surface area contributed by atoms with E-state index in [9.17, 15) is 19.0 Å². The molecule has 2 unspecified atom stereocenters. The molecule has 0 spiro atoms. The molecular formula is C83H144NO8P. The molecule has 0 heterocycles. The lowest BCUT2D eigenvalue weighted by molar-refractivity contribution is -0.870. The molecule has 0 amide bonds. The molecule has 0 aromatic carbocycles. The smallest absolute Gasteiger partial charge is 0.306 e. The number of esters is 2. The predicted molar refractivity (Wildman–Crippen MR) is 401 cm³/mol. The minimum absolute atomic E-state index is 0.0398. The monoisotopic (exact) mass is 1310 g/mol. The van der Waals surface area contributed by atoms with Gasteiger partial charge in [0.15, 0.2) is 6.10 Å². The highest BCUT2D eigenvalue weighted by Crippen LogP contribution is 2.38. The van der Waals surface area contributed by atoms with Gasteiger partial charge in [-0.05, 0) is 96.3 Å². The summed E-state index contributed by atoms with van der Waals surface area (Å²) in [4.78, 5) is 38.1. The van der Waals surface area contributed by atoms with Crippen molar-refractivity contribution in [1.82, 2.24) is 0 Å². The van der Waals surface area contributed by atoms with E-state index >= 15 is 0 Å². The van der Waals surface area contributed by atoms with Crippen molar-refractivity contribution in [2.24, 2.45) is 0 Å². The van der Waals surface area contributed by atoms with Crippen LogP contribution in [0.4, 0.5) is 0 Å². The Hall–Kier alpha value is -3.85. The number of quaternary nitrogens is 1. The third-order valence-corrected chi connectivity index (χ3v) is 17.4. The Balaban J connectivity index is 4.09. The van der Waals surface area contributed by atoms with E-state index in [0.29, 0.717) is 17.4 Å². The highest BCUT2D eigenvalue weighted by atomic mass is 31.2. The predicted octanol–water partition coefficient (Wildman–Crippen LogP) is 24.9. The van der Waals surface area contributed by atoms with Crippen molar-refractivity contribution in [3.8, 4) is 0 Å². The van der Waals surface area contributed by atoms with Gasteiger partial charge in [-0.2, -0.15) is 0 Å². The van der Waals surface area contributed by atoms with Gasteiger partial charge in [0.25, 0.3) is 7.82 Å². The summed E-state index contributed by atoms with van der Waals surface area (Å²) in [6, 6.07) is 0. The van der Waals surface area contributed by atoms with E-state index in [4.69, 9.17) is 18.5 Å². The molecule has 0 N–H and O–H groups in total. The van der Waals surface area contributed by atoms with Crippen molar-refractivity contribution in [1.29, 1.82) is 0 Å². The Morgan fingerprint density at radius 3 is 0.914 bits per heavy atom. The van der Waals surface area contributed by atoms with Crippen LogP contribution in [0.15, 0.2) is 134 Å². The molecule has 0 aliphatic heterocycles. The molecule has 0 aromatic rings. The summed E-state index contributed by atoms with van der Waals surface area (Å²) in [5, 5.41) is 0. The Bertz CT molecular complexity index is 2040. The highest BCUT2D eigenvalue weighted by Gasteiger charge is 2.22. The maximum Gasteiger partial charge on any atom is 0.306 e. The number of phosphoric acid groups is 1. The number of likely N-dealkylation sites (N-methyl/N-ethyl adjacent to an activating group) is 1. The number of carbonyl (C=O) groups is 2. The average molecular weight is 1320 g/mol. The summed E-state index contributed by atoms with van der Waals surface area (Å²) in [5.41, 5.74) is 0. The topological polar surface area (TPSA) is 111 Å². The third kappa shape index (κ3) is 77.0. The van der Waals surface area contributed by atoms with Gasteiger partial charge < -0.3 is 27.9 Å². The minimum Gasteiger partial charge on any atom is -0.756 e. The molecule has 0 saturated carbocycles. The normalized spacial score (nSPS) is 13.8. The minimum atomic E-state index is -4.66. The number of rotatable bonds is 70. The van der Waals surface area contributed by atoms with E-state index < -0.39 is 26.5 Å². The molecule has 0 radical (unpaired) electrons. The van der Waals surface area contributed by atoms with Gasteiger partial charge in [0.2, 0.25) is 0 Å². The summed E-state index contributed by atoms with van der Waals surface area (Å²) in [7, 11) is 1.15. The Labute approximate surface area is 574 Å².